The molecule has 0 saturated carbocycles. The second kappa shape index (κ2) is 5.56. The van der Waals surface area contributed by atoms with E-state index in [-0.39, 0.29) is 12.0 Å². The second-order valence-electron chi connectivity index (χ2n) is 4.34. The van der Waals surface area contributed by atoms with Gasteiger partial charge in [0.05, 0.1) is 11.9 Å². The molecular weight excluding hydrogens is 234 g/mol. The van der Waals surface area contributed by atoms with Gasteiger partial charge >= 0.3 is 0 Å². The minimum Gasteiger partial charge on any atom is -0.391 e. The molecule has 2 rings (SSSR count). The molecule has 1 atom stereocenters. The molecule has 1 N–H and O–H groups in total. The van der Waals surface area contributed by atoms with Gasteiger partial charge < -0.3 is 10.0 Å². The maximum Gasteiger partial charge on any atom is 0.233 e. The van der Waals surface area contributed by atoms with E-state index in [1.165, 1.54) is 5.56 Å². The summed E-state index contributed by atoms with van der Waals surface area (Å²) in [5.41, 5.74) is 1.20. The fourth-order valence-electron chi connectivity index (χ4n) is 1.92. The van der Waals surface area contributed by atoms with Crippen LogP contribution in [0.2, 0.25) is 0 Å². The number of β-amino-alcohol motifs (C(OH)–C–C–N with tert-alkyl or cyclic N) is 1. The lowest BCUT2D eigenvalue weighted by Gasteiger charge is -2.15. The number of carbonyl (C=O) groups is 1. The Balaban J connectivity index is 1.86. The summed E-state index contributed by atoms with van der Waals surface area (Å²) in [6.07, 6.45) is 0.378. The zero-order valence-electron chi connectivity index (χ0n) is 9.93. The van der Waals surface area contributed by atoms with Crippen LogP contribution in [-0.4, -0.2) is 40.9 Å². The van der Waals surface area contributed by atoms with E-state index in [1.54, 1.807) is 16.7 Å². The van der Waals surface area contributed by atoms with Crippen LogP contribution in [0.3, 0.4) is 0 Å². The molecule has 0 radical (unpaired) electrons. The molecule has 1 aromatic carbocycles. The second-order valence-corrected chi connectivity index (χ2v) is 5.35. The van der Waals surface area contributed by atoms with E-state index in [4.69, 9.17) is 0 Å². The molecule has 17 heavy (non-hydrogen) atoms. The van der Waals surface area contributed by atoms with Gasteiger partial charge in [0.1, 0.15) is 0 Å². The van der Waals surface area contributed by atoms with Crippen molar-refractivity contribution in [3.63, 3.8) is 0 Å². The van der Waals surface area contributed by atoms with Crippen LogP contribution in [0, 0.1) is 6.92 Å². The highest BCUT2D eigenvalue weighted by molar-refractivity contribution is 8.00. The molecule has 0 bridgehead atoms. The molecule has 3 nitrogen and oxygen atoms in total. The van der Waals surface area contributed by atoms with Crippen LogP contribution in [0.1, 0.15) is 12.0 Å². The number of hydrogen-bond donors (Lipinski definition) is 1. The number of carbonyl (C=O) groups excluding carboxylic acids is 1. The lowest BCUT2D eigenvalue weighted by molar-refractivity contribution is -0.127. The highest BCUT2D eigenvalue weighted by Gasteiger charge is 2.24. The van der Waals surface area contributed by atoms with E-state index in [2.05, 4.69) is 0 Å². The largest absolute Gasteiger partial charge is 0.391 e. The zero-order chi connectivity index (χ0) is 12.3. The number of aliphatic hydroxyl groups is 1. The van der Waals surface area contributed by atoms with Gasteiger partial charge in [0.2, 0.25) is 5.91 Å². The van der Waals surface area contributed by atoms with Crippen LogP contribution in [0.5, 0.6) is 0 Å². The molecule has 1 aliphatic heterocycles. The van der Waals surface area contributed by atoms with Crippen LogP contribution in [0.25, 0.3) is 0 Å². The van der Waals surface area contributed by atoms with Crippen molar-refractivity contribution in [1.29, 1.82) is 0 Å². The summed E-state index contributed by atoms with van der Waals surface area (Å²) in [5.74, 6) is 0.576. The predicted molar refractivity (Wildman–Crippen MR) is 69.1 cm³/mol. The fraction of sp³-hybridized carbons (Fsp3) is 0.462. The predicted octanol–water partition coefficient (Wildman–Crippen LogP) is 1.68. The summed E-state index contributed by atoms with van der Waals surface area (Å²) in [7, 11) is 0. The van der Waals surface area contributed by atoms with Crippen LogP contribution >= 0.6 is 11.8 Å². The highest BCUT2D eigenvalue weighted by atomic mass is 32.2. The standard InChI is InChI=1S/C13H17NO2S/c1-10-4-2-3-5-12(10)17-9-13(16)14-7-6-11(15)8-14/h2-5,11,15H,6-9H2,1H3/t11-/m0/s1. The summed E-state index contributed by atoms with van der Waals surface area (Å²) >= 11 is 1.57. The quantitative estimate of drug-likeness (QED) is 0.831. The summed E-state index contributed by atoms with van der Waals surface area (Å²) in [6.45, 7) is 3.23. The first-order valence-corrected chi connectivity index (χ1v) is 6.79. The number of aryl methyl sites for hydroxylation is 1. The Morgan fingerprint density at radius 1 is 1.53 bits per heavy atom. The van der Waals surface area contributed by atoms with Gasteiger partial charge in [0.15, 0.2) is 0 Å². The van der Waals surface area contributed by atoms with E-state index in [0.29, 0.717) is 25.3 Å². The summed E-state index contributed by atoms with van der Waals surface area (Å²) in [5, 5.41) is 9.38. The molecule has 0 spiro atoms. The van der Waals surface area contributed by atoms with Crippen LogP contribution in [-0.2, 0) is 4.79 Å². The van der Waals surface area contributed by atoms with E-state index >= 15 is 0 Å². The van der Waals surface area contributed by atoms with Gasteiger partial charge in [-0.1, -0.05) is 18.2 Å². The van der Waals surface area contributed by atoms with Crippen molar-refractivity contribution in [1.82, 2.24) is 4.90 Å². The molecule has 4 heteroatoms. The van der Waals surface area contributed by atoms with Crippen LogP contribution < -0.4 is 0 Å². The van der Waals surface area contributed by atoms with Crippen molar-refractivity contribution in [2.75, 3.05) is 18.8 Å². The van der Waals surface area contributed by atoms with Crippen LogP contribution in [0.4, 0.5) is 0 Å². The van der Waals surface area contributed by atoms with E-state index < -0.39 is 0 Å². The van der Waals surface area contributed by atoms with Crippen molar-refractivity contribution >= 4 is 17.7 Å². The molecule has 1 aliphatic rings. The number of hydrogen-bond acceptors (Lipinski definition) is 3. The highest BCUT2D eigenvalue weighted by Crippen LogP contribution is 2.22. The molecule has 1 saturated heterocycles. The molecule has 0 unspecified atom stereocenters. The zero-order valence-corrected chi connectivity index (χ0v) is 10.7. The molecule has 1 fully saturated rings. The van der Waals surface area contributed by atoms with E-state index in [9.17, 15) is 9.90 Å². The number of rotatable bonds is 3. The van der Waals surface area contributed by atoms with Crippen LogP contribution in [0.15, 0.2) is 29.2 Å². The van der Waals surface area contributed by atoms with E-state index in [1.807, 2.05) is 31.2 Å². The van der Waals surface area contributed by atoms with Gasteiger partial charge in [-0.3, -0.25) is 4.79 Å². The Morgan fingerprint density at radius 2 is 2.29 bits per heavy atom. The minimum atomic E-state index is -0.331. The summed E-state index contributed by atoms with van der Waals surface area (Å²) in [4.78, 5) is 14.8. The third-order valence-corrected chi connectivity index (χ3v) is 4.12. The molecule has 92 valence electrons. The van der Waals surface area contributed by atoms with Gasteiger partial charge in [-0.25, -0.2) is 0 Å². The van der Waals surface area contributed by atoms with Crippen molar-refractivity contribution in [2.24, 2.45) is 0 Å². The summed E-state index contributed by atoms with van der Waals surface area (Å²) in [6, 6.07) is 8.07. The average molecular weight is 251 g/mol. The molecule has 1 aromatic rings. The number of thioether (sulfide) groups is 1. The lowest BCUT2D eigenvalue weighted by atomic mass is 10.2. The third-order valence-electron chi connectivity index (χ3n) is 2.96. The molecule has 1 heterocycles. The Hall–Kier alpha value is -1.00. The molecule has 1 amide bonds. The van der Waals surface area contributed by atoms with Crippen molar-refractivity contribution in [2.45, 2.75) is 24.3 Å². The van der Waals surface area contributed by atoms with Gasteiger partial charge in [0.25, 0.3) is 0 Å². The van der Waals surface area contributed by atoms with Crippen molar-refractivity contribution in [3.05, 3.63) is 29.8 Å². The topological polar surface area (TPSA) is 40.5 Å². The molecule has 0 aromatic heterocycles. The maximum absolute atomic E-state index is 11.9. The third kappa shape index (κ3) is 3.23. The van der Waals surface area contributed by atoms with Gasteiger partial charge in [-0.15, -0.1) is 11.8 Å². The Kier molecular flexibility index (Phi) is 4.07. The smallest absolute Gasteiger partial charge is 0.233 e. The number of amides is 1. The van der Waals surface area contributed by atoms with E-state index in [0.717, 1.165) is 4.90 Å². The Labute approximate surface area is 106 Å². The number of nitrogens with zero attached hydrogens (tertiary/aromatic N) is 1. The minimum absolute atomic E-state index is 0.120. The normalized spacial score (nSPS) is 19.6. The average Bonchev–Trinajstić information content (AvgIpc) is 2.74. The van der Waals surface area contributed by atoms with Gasteiger partial charge in [-0.2, -0.15) is 0 Å². The van der Waals surface area contributed by atoms with Gasteiger partial charge in [0, 0.05) is 18.0 Å². The Morgan fingerprint density at radius 3 is 2.94 bits per heavy atom. The summed E-state index contributed by atoms with van der Waals surface area (Å²) < 4.78 is 0. The fourth-order valence-corrected chi connectivity index (χ4v) is 2.85. The molecular formula is C13H17NO2S. The first kappa shape index (κ1) is 12.5. The number of likely N-dealkylation sites (tertiary alicyclic amines) is 1. The molecule has 0 aliphatic carbocycles. The Bertz CT molecular complexity index is 408. The maximum atomic E-state index is 11.9. The number of aliphatic hydroxyl groups excluding tert-OH is 1. The van der Waals surface area contributed by atoms with Gasteiger partial charge in [-0.05, 0) is 25.0 Å². The number of benzene rings is 1. The lowest BCUT2D eigenvalue weighted by Crippen LogP contribution is -2.30. The van der Waals surface area contributed by atoms with Crippen molar-refractivity contribution in [3.8, 4) is 0 Å². The first-order chi connectivity index (χ1) is 8.16. The monoisotopic (exact) mass is 251 g/mol. The SMILES string of the molecule is Cc1ccccc1SCC(=O)N1CC[C@H](O)C1. The van der Waals surface area contributed by atoms with Crippen molar-refractivity contribution < 1.29 is 9.90 Å². The first-order valence-electron chi connectivity index (χ1n) is 5.81.